The molecule has 0 saturated heterocycles. The third-order valence-corrected chi connectivity index (χ3v) is 3.72. The molecule has 0 aliphatic heterocycles. The maximum atomic E-state index is 12.0. The first-order valence-corrected chi connectivity index (χ1v) is 7.85. The van der Waals surface area contributed by atoms with Gasteiger partial charge in [-0.1, -0.05) is 37.0 Å². The Morgan fingerprint density at radius 2 is 2.00 bits per heavy atom. The molecule has 0 aliphatic rings. The van der Waals surface area contributed by atoms with E-state index in [1.807, 2.05) is 0 Å². The minimum atomic E-state index is -0.611. The second-order valence-corrected chi connectivity index (χ2v) is 5.50. The molecule has 0 bridgehead atoms. The van der Waals surface area contributed by atoms with Crippen molar-refractivity contribution in [3.8, 4) is 5.75 Å². The molecule has 21 heavy (non-hydrogen) atoms. The van der Waals surface area contributed by atoms with Gasteiger partial charge in [-0.3, -0.25) is 4.79 Å². The Labute approximate surface area is 136 Å². The quantitative estimate of drug-likeness (QED) is 0.794. The highest BCUT2D eigenvalue weighted by Crippen LogP contribution is 2.28. The Hall–Kier alpha value is -0.970. The van der Waals surface area contributed by atoms with Crippen molar-refractivity contribution in [1.29, 1.82) is 0 Å². The number of amides is 1. The highest BCUT2D eigenvalue weighted by atomic mass is 35.5. The van der Waals surface area contributed by atoms with E-state index >= 15 is 0 Å². The lowest BCUT2D eigenvalue weighted by Crippen LogP contribution is -2.40. The first-order valence-electron chi connectivity index (χ1n) is 7.09. The average Bonchev–Trinajstić information content (AvgIpc) is 2.46. The van der Waals surface area contributed by atoms with Gasteiger partial charge in [0.2, 0.25) is 0 Å². The standard InChI is InChI=1S/C15H22Cl2N2O2/c1-4-19(5-2)9-8-18-15(20)11(3)21-14-7-6-12(16)10-13(14)17/h6-7,10-11H,4-5,8-9H2,1-3H3,(H,18,20). The number of hydrogen-bond donors (Lipinski definition) is 1. The van der Waals surface area contributed by atoms with Crippen LogP contribution in [0.15, 0.2) is 18.2 Å². The fourth-order valence-corrected chi connectivity index (χ4v) is 2.29. The Bertz CT molecular complexity index is 465. The van der Waals surface area contributed by atoms with Crippen molar-refractivity contribution in [3.63, 3.8) is 0 Å². The van der Waals surface area contributed by atoms with Crippen LogP contribution >= 0.6 is 23.2 Å². The monoisotopic (exact) mass is 332 g/mol. The molecule has 0 radical (unpaired) electrons. The van der Waals surface area contributed by atoms with Crippen molar-refractivity contribution in [2.45, 2.75) is 26.9 Å². The summed E-state index contributed by atoms with van der Waals surface area (Å²) in [6, 6.07) is 4.92. The van der Waals surface area contributed by atoms with E-state index in [-0.39, 0.29) is 5.91 Å². The van der Waals surface area contributed by atoms with Gasteiger partial charge in [-0.15, -0.1) is 0 Å². The Kier molecular flexibility index (Phi) is 7.86. The molecule has 0 fully saturated rings. The largest absolute Gasteiger partial charge is 0.479 e. The molecule has 0 saturated carbocycles. The molecule has 1 N–H and O–H groups in total. The van der Waals surface area contributed by atoms with Crippen LogP contribution in [-0.2, 0) is 4.79 Å². The van der Waals surface area contributed by atoms with Gasteiger partial charge in [0.05, 0.1) is 5.02 Å². The summed E-state index contributed by atoms with van der Waals surface area (Å²) in [6.07, 6.45) is -0.611. The molecule has 118 valence electrons. The zero-order chi connectivity index (χ0) is 15.8. The van der Waals surface area contributed by atoms with Gasteiger partial charge >= 0.3 is 0 Å². The van der Waals surface area contributed by atoms with Gasteiger partial charge in [0, 0.05) is 18.1 Å². The third kappa shape index (κ3) is 6.12. The smallest absolute Gasteiger partial charge is 0.260 e. The molecule has 0 spiro atoms. The van der Waals surface area contributed by atoms with E-state index in [2.05, 4.69) is 24.1 Å². The van der Waals surface area contributed by atoms with Crippen LogP contribution in [0.1, 0.15) is 20.8 Å². The summed E-state index contributed by atoms with van der Waals surface area (Å²) < 4.78 is 5.56. The van der Waals surface area contributed by atoms with E-state index in [0.29, 0.717) is 22.3 Å². The number of halogens is 2. The molecule has 6 heteroatoms. The lowest BCUT2D eigenvalue weighted by atomic mass is 10.3. The fraction of sp³-hybridized carbons (Fsp3) is 0.533. The molecule has 1 unspecified atom stereocenters. The Balaban J connectivity index is 2.44. The molecular weight excluding hydrogens is 311 g/mol. The van der Waals surface area contributed by atoms with Crippen molar-refractivity contribution in [3.05, 3.63) is 28.2 Å². The van der Waals surface area contributed by atoms with Crippen LogP contribution in [0.2, 0.25) is 10.0 Å². The van der Waals surface area contributed by atoms with Crippen LogP contribution in [0.25, 0.3) is 0 Å². The highest BCUT2D eigenvalue weighted by molar-refractivity contribution is 6.35. The molecule has 1 amide bonds. The van der Waals surface area contributed by atoms with Crippen LogP contribution in [0.3, 0.4) is 0 Å². The second-order valence-electron chi connectivity index (χ2n) is 4.65. The minimum Gasteiger partial charge on any atom is -0.479 e. The molecule has 0 heterocycles. The SMILES string of the molecule is CCN(CC)CCNC(=O)C(C)Oc1ccc(Cl)cc1Cl. The van der Waals surface area contributed by atoms with E-state index in [4.69, 9.17) is 27.9 Å². The van der Waals surface area contributed by atoms with E-state index in [1.54, 1.807) is 25.1 Å². The van der Waals surface area contributed by atoms with Crippen molar-refractivity contribution in [1.82, 2.24) is 10.2 Å². The number of hydrogen-bond acceptors (Lipinski definition) is 3. The van der Waals surface area contributed by atoms with Crippen molar-refractivity contribution in [2.75, 3.05) is 26.2 Å². The lowest BCUT2D eigenvalue weighted by molar-refractivity contribution is -0.127. The molecule has 0 aliphatic carbocycles. The van der Waals surface area contributed by atoms with E-state index in [0.717, 1.165) is 19.6 Å². The van der Waals surface area contributed by atoms with Gasteiger partial charge in [0.15, 0.2) is 6.10 Å². The zero-order valence-corrected chi connectivity index (χ0v) is 14.2. The summed E-state index contributed by atoms with van der Waals surface area (Å²) in [5, 5.41) is 3.78. The summed E-state index contributed by atoms with van der Waals surface area (Å²) in [4.78, 5) is 14.2. The van der Waals surface area contributed by atoms with Gasteiger partial charge in [-0.2, -0.15) is 0 Å². The van der Waals surface area contributed by atoms with E-state index in [1.165, 1.54) is 0 Å². The van der Waals surface area contributed by atoms with Crippen LogP contribution in [-0.4, -0.2) is 43.1 Å². The van der Waals surface area contributed by atoms with Crippen LogP contribution in [0, 0.1) is 0 Å². The average molecular weight is 333 g/mol. The molecular formula is C15H22Cl2N2O2. The second kappa shape index (κ2) is 9.13. The van der Waals surface area contributed by atoms with Crippen LogP contribution in [0.4, 0.5) is 0 Å². The number of rotatable bonds is 8. The number of nitrogens with one attached hydrogen (secondary N) is 1. The molecule has 0 aromatic heterocycles. The van der Waals surface area contributed by atoms with Crippen LogP contribution in [0.5, 0.6) is 5.75 Å². The first kappa shape index (κ1) is 18.1. The van der Waals surface area contributed by atoms with Crippen LogP contribution < -0.4 is 10.1 Å². The maximum absolute atomic E-state index is 12.0. The first-order chi connectivity index (χ1) is 9.97. The van der Waals surface area contributed by atoms with Gasteiger partial charge in [0.25, 0.3) is 5.91 Å². The predicted molar refractivity (Wildman–Crippen MR) is 87.3 cm³/mol. The van der Waals surface area contributed by atoms with Gasteiger partial charge < -0.3 is 15.0 Å². The lowest BCUT2D eigenvalue weighted by Gasteiger charge is -2.19. The minimum absolute atomic E-state index is 0.159. The predicted octanol–water partition coefficient (Wildman–Crippen LogP) is 3.22. The van der Waals surface area contributed by atoms with E-state index < -0.39 is 6.10 Å². The molecule has 4 nitrogen and oxygen atoms in total. The Morgan fingerprint density at radius 3 is 2.57 bits per heavy atom. The number of carbonyl (C=O) groups is 1. The summed E-state index contributed by atoms with van der Waals surface area (Å²) in [7, 11) is 0. The fourth-order valence-electron chi connectivity index (χ4n) is 1.84. The summed E-state index contributed by atoms with van der Waals surface area (Å²) in [6.45, 7) is 9.25. The van der Waals surface area contributed by atoms with Gasteiger partial charge in [-0.25, -0.2) is 0 Å². The van der Waals surface area contributed by atoms with Gasteiger partial charge in [0.1, 0.15) is 5.75 Å². The van der Waals surface area contributed by atoms with Crippen molar-refractivity contribution < 1.29 is 9.53 Å². The highest BCUT2D eigenvalue weighted by Gasteiger charge is 2.16. The third-order valence-electron chi connectivity index (χ3n) is 3.19. The number of benzene rings is 1. The Morgan fingerprint density at radius 1 is 1.33 bits per heavy atom. The molecule has 1 aromatic carbocycles. The zero-order valence-electron chi connectivity index (χ0n) is 12.7. The number of ether oxygens (including phenoxy) is 1. The summed E-state index contributed by atoms with van der Waals surface area (Å²) in [5.74, 6) is 0.292. The molecule has 1 rings (SSSR count). The molecule has 1 aromatic rings. The van der Waals surface area contributed by atoms with Crippen molar-refractivity contribution >= 4 is 29.1 Å². The normalized spacial score (nSPS) is 12.3. The maximum Gasteiger partial charge on any atom is 0.260 e. The molecule has 1 atom stereocenters. The number of likely N-dealkylation sites (N-methyl/N-ethyl adjacent to an activating group) is 1. The van der Waals surface area contributed by atoms with E-state index in [9.17, 15) is 4.79 Å². The number of carbonyl (C=O) groups excluding carboxylic acids is 1. The number of nitrogens with zero attached hydrogens (tertiary/aromatic N) is 1. The topological polar surface area (TPSA) is 41.6 Å². The van der Waals surface area contributed by atoms with Gasteiger partial charge in [-0.05, 0) is 38.2 Å². The summed E-state index contributed by atoms with van der Waals surface area (Å²) >= 11 is 11.8. The summed E-state index contributed by atoms with van der Waals surface area (Å²) in [5.41, 5.74) is 0. The van der Waals surface area contributed by atoms with Crippen molar-refractivity contribution in [2.24, 2.45) is 0 Å².